The standard InChI is InChI=1S/C22H16NO2S/c24-18-13-11-17(12-14-18)22-20(15-26-19-9-5-2-6-10-19)21(23-25-22)16-7-3-1-4-8-16/h2-14,24H,15H2. The third-order valence-corrected chi connectivity index (χ3v) is 5.07. The smallest absolute Gasteiger partial charge is 0.171 e. The summed E-state index contributed by atoms with van der Waals surface area (Å²) >= 11 is 1.74. The first-order valence-corrected chi connectivity index (χ1v) is 9.22. The molecule has 0 unspecified atom stereocenters. The summed E-state index contributed by atoms with van der Waals surface area (Å²) < 4.78 is 5.71. The largest absolute Gasteiger partial charge is 0.508 e. The van der Waals surface area contributed by atoms with Crippen molar-refractivity contribution in [2.45, 2.75) is 10.6 Å². The van der Waals surface area contributed by atoms with Crippen LogP contribution in [0.4, 0.5) is 0 Å². The zero-order chi connectivity index (χ0) is 17.8. The highest BCUT2D eigenvalue weighted by molar-refractivity contribution is 7.98. The SMILES string of the molecule is Oc1ccc(-c2onc(-c3cc[c]cc3)c2CSc2ccccc2)cc1. The van der Waals surface area contributed by atoms with Crippen molar-refractivity contribution < 1.29 is 9.63 Å². The first-order chi connectivity index (χ1) is 12.8. The van der Waals surface area contributed by atoms with Gasteiger partial charge in [0, 0.05) is 27.3 Å². The average molecular weight is 358 g/mol. The molecule has 3 aromatic carbocycles. The molecular formula is C22H16NO2S. The van der Waals surface area contributed by atoms with E-state index < -0.39 is 0 Å². The van der Waals surface area contributed by atoms with E-state index in [1.807, 2.05) is 54.6 Å². The number of phenols is 1. The second-order valence-electron chi connectivity index (χ2n) is 5.78. The zero-order valence-electron chi connectivity index (χ0n) is 13.9. The van der Waals surface area contributed by atoms with Gasteiger partial charge in [-0.3, -0.25) is 0 Å². The number of thioether (sulfide) groups is 1. The van der Waals surface area contributed by atoms with Gasteiger partial charge < -0.3 is 9.63 Å². The Kier molecular flexibility index (Phi) is 4.75. The molecule has 0 aliphatic heterocycles. The van der Waals surface area contributed by atoms with Crippen molar-refractivity contribution in [1.82, 2.24) is 5.16 Å². The summed E-state index contributed by atoms with van der Waals surface area (Å²) in [6.07, 6.45) is 0. The average Bonchev–Trinajstić information content (AvgIpc) is 3.12. The summed E-state index contributed by atoms with van der Waals surface area (Å²) in [5.41, 5.74) is 3.77. The lowest BCUT2D eigenvalue weighted by Crippen LogP contribution is -1.88. The van der Waals surface area contributed by atoms with Gasteiger partial charge in [-0.25, -0.2) is 0 Å². The van der Waals surface area contributed by atoms with Crippen LogP contribution in [0.5, 0.6) is 5.75 Å². The second kappa shape index (κ2) is 7.50. The van der Waals surface area contributed by atoms with Gasteiger partial charge in [-0.1, -0.05) is 47.6 Å². The van der Waals surface area contributed by atoms with Gasteiger partial charge in [0.2, 0.25) is 0 Å². The molecule has 0 saturated carbocycles. The minimum atomic E-state index is 0.229. The molecule has 1 radical (unpaired) electrons. The Hall–Kier alpha value is -2.98. The first-order valence-electron chi connectivity index (χ1n) is 8.23. The number of aromatic hydroxyl groups is 1. The number of rotatable bonds is 5. The van der Waals surface area contributed by atoms with E-state index in [4.69, 9.17) is 4.52 Å². The monoisotopic (exact) mass is 358 g/mol. The first kappa shape index (κ1) is 16.5. The molecule has 0 bridgehead atoms. The number of hydrogen-bond donors (Lipinski definition) is 1. The van der Waals surface area contributed by atoms with Gasteiger partial charge in [-0.05, 0) is 42.5 Å². The number of hydrogen-bond acceptors (Lipinski definition) is 4. The van der Waals surface area contributed by atoms with Crippen LogP contribution in [0.1, 0.15) is 5.56 Å². The van der Waals surface area contributed by atoms with E-state index >= 15 is 0 Å². The molecule has 0 atom stereocenters. The molecule has 0 spiro atoms. The Morgan fingerprint density at radius 3 is 2.35 bits per heavy atom. The van der Waals surface area contributed by atoms with Crippen molar-refractivity contribution in [3.63, 3.8) is 0 Å². The Morgan fingerprint density at radius 1 is 0.885 bits per heavy atom. The van der Waals surface area contributed by atoms with Gasteiger partial charge in [0.25, 0.3) is 0 Å². The summed E-state index contributed by atoms with van der Waals surface area (Å²) in [5.74, 6) is 1.70. The summed E-state index contributed by atoms with van der Waals surface area (Å²) in [6.45, 7) is 0. The van der Waals surface area contributed by atoms with Crippen LogP contribution in [0, 0.1) is 6.07 Å². The molecule has 0 aliphatic carbocycles. The highest BCUT2D eigenvalue weighted by Crippen LogP contribution is 2.36. The number of aromatic nitrogens is 1. The van der Waals surface area contributed by atoms with Crippen LogP contribution < -0.4 is 0 Å². The maximum atomic E-state index is 9.55. The molecule has 0 fully saturated rings. The topological polar surface area (TPSA) is 46.3 Å². The highest BCUT2D eigenvalue weighted by atomic mass is 32.2. The molecule has 3 nitrogen and oxygen atoms in total. The molecule has 0 saturated heterocycles. The van der Waals surface area contributed by atoms with Crippen LogP contribution in [-0.2, 0) is 5.75 Å². The van der Waals surface area contributed by atoms with Gasteiger partial charge in [0.1, 0.15) is 11.4 Å². The van der Waals surface area contributed by atoms with Crippen LogP contribution in [0.3, 0.4) is 0 Å². The van der Waals surface area contributed by atoms with Gasteiger partial charge in [0.15, 0.2) is 5.76 Å². The molecule has 4 heteroatoms. The summed E-state index contributed by atoms with van der Waals surface area (Å²) in [5, 5.41) is 13.9. The molecule has 4 aromatic rings. The van der Waals surface area contributed by atoms with Crippen molar-refractivity contribution in [2.24, 2.45) is 0 Å². The predicted octanol–water partition coefficient (Wildman–Crippen LogP) is 5.81. The summed E-state index contributed by atoms with van der Waals surface area (Å²) in [6, 6.07) is 28.0. The van der Waals surface area contributed by atoms with E-state index in [0.29, 0.717) is 0 Å². The number of phenolic OH excluding ortho intramolecular Hbond substituents is 1. The van der Waals surface area contributed by atoms with E-state index in [1.54, 1.807) is 23.9 Å². The second-order valence-corrected chi connectivity index (χ2v) is 6.82. The van der Waals surface area contributed by atoms with E-state index in [-0.39, 0.29) is 5.75 Å². The van der Waals surface area contributed by atoms with Gasteiger partial charge in [-0.15, -0.1) is 11.8 Å². The van der Waals surface area contributed by atoms with Crippen molar-refractivity contribution in [3.05, 3.63) is 90.5 Å². The van der Waals surface area contributed by atoms with E-state index in [2.05, 4.69) is 23.4 Å². The fraction of sp³-hybridized carbons (Fsp3) is 0.0455. The van der Waals surface area contributed by atoms with Gasteiger partial charge in [0.05, 0.1) is 0 Å². The fourth-order valence-electron chi connectivity index (χ4n) is 2.73. The van der Waals surface area contributed by atoms with Crippen LogP contribution >= 0.6 is 11.8 Å². The molecule has 4 rings (SSSR count). The number of benzene rings is 3. The quantitative estimate of drug-likeness (QED) is 0.458. The van der Waals surface area contributed by atoms with Gasteiger partial charge >= 0.3 is 0 Å². The van der Waals surface area contributed by atoms with E-state index in [9.17, 15) is 5.11 Å². The van der Waals surface area contributed by atoms with E-state index in [0.717, 1.165) is 33.9 Å². The lowest BCUT2D eigenvalue weighted by Gasteiger charge is -2.05. The summed E-state index contributed by atoms with van der Waals surface area (Å²) in [7, 11) is 0. The molecule has 1 heterocycles. The maximum Gasteiger partial charge on any atom is 0.171 e. The predicted molar refractivity (Wildman–Crippen MR) is 104 cm³/mol. The van der Waals surface area contributed by atoms with Crippen molar-refractivity contribution >= 4 is 11.8 Å². The Balaban J connectivity index is 1.74. The number of nitrogens with zero attached hydrogens (tertiary/aromatic N) is 1. The Morgan fingerprint density at radius 2 is 1.62 bits per heavy atom. The van der Waals surface area contributed by atoms with E-state index in [1.165, 1.54) is 4.90 Å². The normalized spacial score (nSPS) is 10.8. The third kappa shape index (κ3) is 3.51. The summed E-state index contributed by atoms with van der Waals surface area (Å²) in [4.78, 5) is 1.19. The van der Waals surface area contributed by atoms with Gasteiger partial charge in [-0.2, -0.15) is 0 Å². The lowest BCUT2D eigenvalue weighted by molar-refractivity contribution is 0.434. The highest BCUT2D eigenvalue weighted by Gasteiger charge is 2.19. The minimum absolute atomic E-state index is 0.229. The van der Waals surface area contributed by atoms with Crippen molar-refractivity contribution in [2.75, 3.05) is 0 Å². The van der Waals surface area contributed by atoms with Crippen molar-refractivity contribution in [3.8, 4) is 28.3 Å². The fourth-order valence-corrected chi connectivity index (χ4v) is 3.65. The lowest BCUT2D eigenvalue weighted by atomic mass is 10.0. The van der Waals surface area contributed by atoms with Crippen LogP contribution in [-0.4, -0.2) is 10.3 Å². The molecular weight excluding hydrogens is 342 g/mol. The molecule has 1 aromatic heterocycles. The third-order valence-electron chi connectivity index (χ3n) is 4.04. The zero-order valence-corrected chi connectivity index (χ0v) is 14.7. The molecule has 1 N–H and O–H groups in total. The van der Waals surface area contributed by atoms with Crippen LogP contribution in [0.25, 0.3) is 22.6 Å². The molecule has 0 amide bonds. The maximum absolute atomic E-state index is 9.55. The minimum Gasteiger partial charge on any atom is -0.508 e. The molecule has 26 heavy (non-hydrogen) atoms. The van der Waals surface area contributed by atoms with Crippen LogP contribution in [0.2, 0.25) is 0 Å². The van der Waals surface area contributed by atoms with Crippen LogP contribution in [0.15, 0.2) is 88.3 Å². The molecule has 0 aliphatic rings. The van der Waals surface area contributed by atoms with Crippen molar-refractivity contribution in [1.29, 1.82) is 0 Å². The Bertz CT molecular complexity index is 980. The molecule has 127 valence electrons. The Labute approximate surface area is 156 Å².